The monoisotopic (exact) mass is 237 g/mol. The van der Waals surface area contributed by atoms with Gasteiger partial charge in [-0.1, -0.05) is 0 Å². The van der Waals surface area contributed by atoms with Gasteiger partial charge >= 0.3 is 0 Å². The predicted molar refractivity (Wildman–Crippen MR) is 50.7 cm³/mol. The molecule has 2 nitrogen and oxygen atoms in total. The summed E-state index contributed by atoms with van der Waals surface area (Å²) < 4.78 is 56.3. The quantitative estimate of drug-likeness (QED) is 0.815. The Bertz CT molecular complexity index is 347. The van der Waals surface area contributed by atoms with Gasteiger partial charge in [-0.3, -0.25) is 0 Å². The van der Waals surface area contributed by atoms with Gasteiger partial charge in [0.05, 0.1) is 13.0 Å². The molecule has 90 valence electrons. The normalized spacial score (nSPS) is 12.9. The van der Waals surface area contributed by atoms with Crippen molar-refractivity contribution in [3.05, 3.63) is 29.3 Å². The minimum atomic E-state index is -2.91. The predicted octanol–water partition coefficient (Wildman–Crippen LogP) is 2.28. The van der Waals surface area contributed by atoms with E-state index in [0.717, 1.165) is 12.1 Å². The van der Waals surface area contributed by atoms with Crippen molar-refractivity contribution < 1.29 is 22.3 Å². The molecule has 0 amide bonds. The molecular formula is C10H11F4NO. The van der Waals surface area contributed by atoms with Crippen LogP contribution < -0.4 is 10.5 Å². The maximum atomic E-state index is 13.4. The molecule has 16 heavy (non-hydrogen) atoms. The summed E-state index contributed by atoms with van der Waals surface area (Å²) in [6, 6.07) is 1.70. The Balaban J connectivity index is 3.22. The number of alkyl halides is 2. The van der Waals surface area contributed by atoms with Gasteiger partial charge in [-0.15, -0.1) is 0 Å². The second kappa shape index (κ2) is 5.16. The molecule has 2 N–H and O–H groups in total. The maximum Gasteiger partial charge on any atom is 0.246 e. The highest BCUT2D eigenvalue weighted by Gasteiger charge is 2.27. The van der Waals surface area contributed by atoms with Crippen LogP contribution in [-0.4, -0.2) is 20.1 Å². The van der Waals surface area contributed by atoms with Gasteiger partial charge in [0, 0.05) is 24.2 Å². The summed E-state index contributed by atoms with van der Waals surface area (Å²) in [5, 5.41) is 0. The van der Waals surface area contributed by atoms with Crippen LogP contribution in [-0.2, 0) is 0 Å². The minimum absolute atomic E-state index is 0.0659. The summed E-state index contributed by atoms with van der Waals surface area (Å²) in [5.74, 6) is -3.87. The molecule has 1 atom stereocenters. The molecule has 0 aliphatic carbocycles. The number of benzene rings is 1. The van der Waals surface area contributed by atoms with Crippen molar-refractivity contribution >= 4 is 0 Å². The van der Waals surface area contributed by atoms with Crippen molar-refractivity contribution in [1.82, 2.24) is 0 Å². The third-order valence-electron chi connectivity index (χ3n) is 2.22. The van der Waals surface area contributed by atoms with E-state index in [1.807, 2.05) is 0 Å². The first-order chi connectivity index (χ1) is 7.51. The zero-order valence-corrected chi connectivity index (χ0v) is 8.51. The van der Waals surface area contributed by atoms with E-state index >= 15 is 0 Å². The second-order valence-corrected chi connectivity index (χ2v) is 3.18. The summed E-state index contributed by atoms with van der Waals surface area (Å²) in [6.07, 6.45) is -2.91. The molecule has 0 saturated heterocycles. The van der Waals surface area contributed by atoms with Gasteiger partial charge in [-0.25, -0.2) is 17.6 Å². The zero-order valence-electron chi connectivity index (χ0n) is 8.51. The fraction of sp³-hybridized carbons (Fsp3) is 0.400. The lowest BCUT2D eigenvalue weighted by atomic mass is 9.98. The molecular weight excluding hydrogens is 226 g/mol. The van der Waals surface area contributed by atoms with E-state index in [9.17, 15) is 17.6 Å². The van der Waals surface area contributed by atoms with Crippen LogP contribution in [0.3, 0.4) is 0 Å². The third-order valence-corrected chi connectivity index (χ3v) is 2.22. The molecule has 6 heteroatoms. The van der Waals surface area contributed by atoms with Gasteiger partial charge in [0.1, 0.15) is 17.4 Å². The van der Waals surface area contributed by atoms with Gasteiger partial charge in [0.2, 0.25) is 6.43 Å². The molecule has 1 aromatic carbocycles. The number of rotatable bonds is 4. The van der Waals surface area contributed by atoms with E-state index in [-0.39, 0.29) is 5.75 Å². The fourth-order valence-corrected chi connectivity index (χ4v) is 1.38. The highest BCUT2D eigenvalue weighted by atomic mass is 19.3. The second-order valence-electron chi connectivity index (χ2n) is 3.18. The minimum Gasteiger partial charge on any atom is -0.497 e. The van der Waals surface area contributed by atoms with Gasteiger partial charge < -0.3 is 10.5 Å². The molecule has 0 fully saturated rings. The lowest BCUT2D eigenvalue weighted by molar-refractivity contribution is 0.113. The molecule has 0 saturated carbocycles. The highest BCUT2D eigenvalue weighted by molar-refractivity contribution is 5.33. The van der Waals surface area contributed by atoms with Gasteiger partial charge in [-0.2, -0.15) is 0 Å². The van der Waals surface area contributed by atoms with Crippen molar-refractivity contribution in [3.63, 3.8) is 0 Å². The van der Waals surface area contributed by atoms with Crippen LogP contribution in [0, 0.1) is 11.6 Å². The first-order valence-corrected chi connectivity index (χ1v) is 4.52. The van der Waals surface area contributed by atoms with Crippen LogP contribution in [0.5, 0.6) is 5.75 Å². The molecule has 0 aliphatic rings. The van der Waals surface area contributed by atoms with Crippen molar-refractivity contribution in [2.45, 2.75) is 12.3 Å². The molecule has 0 aromatic heterocycles. The SMILES string of the molecule is COc1cc(F)c(C(CN)C(F)F)c(F)c1. The van der Waals surface area contributed by atoms with Gasteiger partial charge in [0.15, 0.2) is 0 Å². The smallest absolute Gasteiger partial charge is 0.246 e. The van der Waals surface area contributed by atoms with Gasteiger partial charge in [0.25, 0.3) is 0 Å². The Labute approximate surface area is 90.0 Å². The topological polar surface area (TPSA) is 35.2 Å². The van der Waals surface area contributed by atoms with E-state index in [2.05, 4.69) is 4.74 Å². The molecule has 0 radical (unpaired) electrons. The Morgan fingerprint density at radius 1 is 1.25 bits per heavy atom. The Morgan fingerprint density at radius 3 is 2.06 bits per heavy atom. The fourth-order valence-electron chi connectivity index (χ4n) is 1.38. The summed E-state index contributed by atoms with van der Waals surface area (Å²) in [5.41, 5.74) is 4.37. The number of hydrogen-bond acceptors (Lipinski definition) is 2. The van der Waals surface area contributed by atoms with Crippen molar-refractivity contribution in [1.29, 1.82) is 0 Å². The average Bonchev–Trinajstić information content (AvgIpc) is 2.22. The maximum absolute atomic E-state index is 13.4. The lowest BCUT2D eigenvalue weighted by Gasteiger charge is -2.16. The lowest BCUT2D eigenvalue weighted by Crippen LogP contribution is -2.22. The molecule has 1 rings (SSSR count). The first kappa shape index (κ1) is 12.8. The van der Waals surface area contributed by atoms with Gasteiger partial charge in [-0.05, 0) is 0 Å². The van der Waals surface area contributed by atoms with E-state index in [0.29, 0.717) is 0 Å². The van der Waals surface area contributed by atoms with E-state index < -0.39 is 36.1 Å². The van der Waals surface area contributed by atoms with Crippen LogP contribution in [0.4, 0.5) is 17.6 Å². The van der Waals surface area contributed by atoms with Crippen molar-refractivity contribution in [2.24, 2.45) is 5.73 Å². The zero-order chi connectivity index (χ0) is 12.3. The van der Waals surface area contributed by atoms with Crippen molar-refractivity contribution in [2.75, 3.05) is 13.7 Å². The molecule has 1 unspecified atom stereocenters. The summed E-state index contributed by atoms with van der Waals surface area (Å²) >= 11 is 0. The number of halogens is 4. The Kier molecular flexibility index (Phi) is 4.12. The molecule has 0 aliphatic heterocycles. The summed E-state index contributed by atoms with van der Waals surface area (Å²) in [7, 11) is 1.22. The molecule has 0 bridgehead atoms. The number of nitrogens with two attached hydrogens (primary N) is 1. The Hall–Kier alpha value is -1.30. The Morgan fingerprint density at radius 2 is 1.75 bits per heavy atom. The summed E-state index contributed by atoms with van der Waals surface area (Å²) in [6.45, 7) is -0.530. The van der Waals surface area contributed by atoms with Crippen molar-refractivity contribution in [3.8, 4) is 5.75 Å². The number of hydrogen-bond donors (Lipinski definition) is 1. The van der Waals surface area contributed by atoms with E-state index in [1.54, 1.807) is 0 Å². The molecule has 1 aromatic rings. The van der Waals surface area contributed by atoms with Crippen LogP contribution >= 0.6 is 0 Å². The van der Waals surface area contributed by atoms with E-state index in [1.165, 1.54) is 7.11 Å². The van der Waals surface area contributed by atoms with Crippen LogP contribution in [0.25, 0.3) is 0 Å². The van der Waals surface area contributed by atoms with Crippen LogP contribution in [0.1, 0.15) is 11.5 Å². The first-order valence-electron chi connectivity index (χ1n) is 4.52. The number of ether oxygens (including phenoxy) is 1. The molecule has 0 heterocycles. The number of methoxy groups -OCH3 is 1. The third kappa shape index (κ3) is 2.44. The average molecular weight is 237 g/mol. The highest BCUT2D eigenvalue weighted by Crippen LogP contribution is 2.30. The van der Waals surface area contributed by atoms with Crippen LogP contribution in [0.2, 0.25) is 0 Å². The van der Waals surface area contributed by atoms with Crippen LogP contribution in [0.15, 0.2) is 12.1 Å². The van der Waals surface area contributed by atoms with E-state index in [4.69, 9.17) is 5.73 Å². The summed E-state index contributed by atoms with van der Waals surface area (Å²) in [4.78, 5) is 0. The molecule has 0 spiro atoms. The standard InChI is InChI=1S/C10H11F4NO/c1-16-5-2-7(11)9(8(12)3-5)6(4-15)10(13)14/h2-3,6,10H,4,15H2,1H3. The largest absolute Gasteiger partial charge is 0.497 e.